The summed E-state index contributed by atoms with van der Waals surface area (Å²) >= 11 is 3.13. The summed E-state index contributed by atoms with van der Waals surface area (Å²) in [5.41, 5.74) is 0.536. The first-order valence-electron chi connectivity index (χ1n) is 4.47. The van der Waals surface area contributed by atoms with Crippen LogP contribution in [0.2, 0.25) is 0 Å². The fourth-order valence-electron chi connectivity index (χ4n) is 0.972. The van der Waals surface area contributed by atoms with E-state index in [1.54, 1.807) is 6.07 Å². The molecule has 1 aromatic heterocycles. The summed E-state index contributed by atoms with van der Waals surface area (Å²) in [4.78, 5) is 11.4. The number of carbonyl (C=O) groups is 1. The molecule has 0 saturated heterocycles. The molecule has 0 aromatic carbocycles. The molecule has 4 nitrogen and oxygen atoms in total. The summed E-state index contributed by atoms with van der Waals surface area (Å²) in [6.07, 6.45) is 1.42. The Labute approximate surface area is 91.2 Å². The number of furan rings is 1. The van der Waals surface area contributed by atoms with Gasteiger partial charge in [0.2, 0.25) is 0 Å². The lowest BCUT2D eigenvalue weighted by Crippen LogP contribution is -2.31. The van der Waals surface area contributed by atoms with Crippen LogP contribution < -0.4 is 10.6 Å². The van der Waals surface area contributed by atoms with Gasteiger partial charge in [0.25, 0.3) is 5.91 Å². The fraction of sp³-hybridized carbons (Fsp3) is 0.444. The van der Waals surface area contributed by atoms with Gasteiger partial charge in [-0.15, -0.1) is 0 Å². The van der Waals surface area contributed by atoms with Gasteiger partial charge in [0, 0.05) is 19.2 Å². The van der Waals surface area contributed by atoms with Crippen LogP contribution in [0.15, 0.2) is 21.4 Å². The lowest BCUT2D eigenvalue weighted by molar-refractivity contribution is 0.0953. The van der Waals surface area contributed by atoms with Crippen molar-refractivity contribution in [2.45, 2.75) is 6.92 Å². The maximum absolute atomic E-state index is 11.4. The zero-order valence-corrected chi connectivity index (χ0v) is 9.56. The number of likely N-dealkylation sites (N-methyl/N-ethyl adjacent to an activating group) is 1. The third-order valence-electron chi connectivity index (χ3n) is 1.67. The monoisotopic (exact) mass is 260 g/mol. The van der Waals surface area contributed by atoms with Crippen LogP contribution in [0.3, 0.4) is 0 Å². The molecular formula is C9H13BrN2O2. The highest BCUT2D eigenvalue weighted by Gasteiger charge is 2.07. The minimum absolute atomic E-state index is 0.114. The van der Waals surface area contributed by atoms with Crippen LogP contribution in [0.4, 0.5) is 0 Å². The van der Waals surface area contributed by atoms with E-state index >= 15 is 0 Å². The van der Waals surface area contributed by atoms with Gasteiger partial charge in [0.15, 0.2) is 4.67 Å². The van der Waals surface area contributed by atoms with Crippen molar-refractivity contribution < 1.29 is 9.21 Å². The van der Waals surface area contributed by atoms with Crippen molar-refractivity contribution in [1.29, 1.82) is 0 Å². The fourth-order valence-corrected chi connectivity index (χ4v) is 1.31. The highest BCUT2D eigenvalue weighted by Crippen LogP contribution is 2.13. The van der Waals surface area contributed by atoms with E-state index in [0.29, 0.717) is 16.8 Å². The topological polar surface area (TPSA) is 54.3 Å². The molecule has 0 aliphatic rings. The van der Waals surface area contributed by atoms with Crippen molar-refractivity contribution in [3.05, 3.63) is 22.6 Å². The number of amides is 1. The van der Waals surface area contributed by atoms with Gasteiger partial charge in [0.05, 0.1) is 5.56 Å². The Hall–Kier alpha value is -0.810. The molecule has 1 heterocycles. The SMILES string of the molecule is CCNCCNC(=O)c1coc(Br)c1. The van der Waals surface area contributed by atoms with Gasteiger partial charge in [-0.05, 0) is 22.5 Å². The van der Waals surface area contributed by atoms with Gasteiger partial charge in [-0.3, -0.25) is 4.79 Å². The number of rotatable bonds is 5. The summed E-state index contributed by atoms with van der Waals surface area (Å²) in [6, 6.07) is 1.64. The Bertz CT molecular complexity index is 299. The summed E-state index contributed by atoms with van der Waals surface area (Å²) in [5.74, 6) is -0.114. The molecule has 0 bridgehead atoms. The lowest BCUT2D eigenvalue weighted by Gasteiger charge is -2.02. The Balaban J connectivity index is 2.29. The molecule has 14 heavy (non-hydrogen) atoms. The summed E-state index contributed by atoms with van der Waals surface area (Å²) in [7, 11) is 0. The second-order valence-corrected chi connectivity index (χ2v) is 3.53. The van der Waals surface area contributed by atoms with Crippen LogP contribution in [-0.4, -0.2) is 25.5 Å². The van der Waals surface area contributed by atoms with Crippen molar-refractivity contribution in [3.8, 4) is 0 Å². The Morgan fingerprint density at radius 2 is 2.36 bits per heavy atom. The first-order chi connectivity index (χ1) is 6.74. The van der Waals surface area contributed by atoms with E-state index < -0.39 is 0 Å². The molecule has 1 aromatic rings. The van der Waals surface area contributed by atoms with E-state index in [1.807, 2.05) is 6.92 Å². The quantitative estimate of drug-likeness (QED) is 0.787. The summed E-state index contributed by atoms with van der Waals surface area (Å²) in [5, 5.41) is 5.88. The van der Waals surface area contributed by atoms with Crippen molar-refractivity contribution in [1.82, 2.24) is 10.6 Å². The number of hydrogen-bond acceptors (Lipinski definition) is 3. The predicted molar refractivity (Wildman–Crippen MR) is 57.3 cm³/mol. The van der Waals surface area contributed by atoms with Gasteiger partial charge in [-0.2, -0.15) is 0 Å². The van der Waals surface area contributed by atoms with Crippen LogP contribution in [0.25, 0.3) is 0 Å². The largest absolute Gasteiger partial charge is 0.457 e. The van der Waals surface area contributed by atoms with Crippen LogP contribution >= 0.6 is 15.9 Å². The number of carbonyl (C=O) groups excluding carboxylic acids is 1. The third kappa shape index (κ3) is 3.51. The molecule has 0 atom stereocenters. The van der Waals surface area contributed by atoms with Crippen LogP contribution in [0.5, 0.6) is 0 Å². The second-order valence-electron chi connectivity index (χ2n) is 2.75. The molecule has 0 aliphatic heterocycles. The molecule has 0 saturated carbocycles. The van der Waals surface area contributed by atoms with Gasteiger partial charge in [-0.25, -0.2) is 0 Å². The average molecular weight is 261 g/mol. The molecule has 1 amide bonds. The van der Waals surface area contributed by atoms with Gasteiger partial charge >= 0.3 is 0 Å². The standard InChI is InChI=1S/C9H13BrN2O2/c1-2-11-3-4-12-9(13)7-5-8(10)14-6-7/h5-6,11H,2-4H2,1H3,(H,12,13). The van der Waals surface area contributed by atoms with E-state index in [9.17, 15) is 4.79 Å². The minimum atomic E-state index is -0.114. The van der Waals surface area contributed by atoms with Crippen molar-refractivity contribution >= 4 is 21.8 Å². The molecule has 1 rings (SSSR count). The van der Waals surface area contributed by atoms with E-state index in [2.05, 4.69) is 26.6 Å². The number of halogens is 1. The zero-order chi connectivity index (χ0) is 10.4. The van der Waals surface area contributed by atoms with Crippen LogP contribution in [-0.2, 0) is 0 Å². The average Bonchev–Trinajstić information content (AvgIpc) is 2.59. The van der Waals surface area contributed by atoms with Crippen LogP contribution in [0.1, 0.15) is 17.3 Å². The molecule has 0 fully saturated rings. The molecule has 0 aliphatic carbocycles. The molecule has 78 valence electrons. The molecule has 0 unspecified atom stereocenters. The molecule has 2 N–H and O–H groups in total. The first kappa shape index (κ1) is 11.3. The van der Waals surface area contributed by atoms with Crippen molar-refractivity contribution in [2.75, 3.05) is 19.6 Å². The van der Waals surface area contributed by atoms with Crippen LogP contribution in [0, 0.1) is 0 Å². The van der Waals surface area contributed by atoms with Crippen molar-refractivity contribution in [3.63, 3.8) is 0 Å². The van der Waals surface area contributed by atoms with E-state index in [0.717, 1.165) is 13.1 Å². The van der Waals surface area contributed by atoms with Crippen molar-refractivity contribution in [2.24, 2.45) is 0 Å². The van der Waals surface area contributed by atoms with E-state index in [1.165, 1.54) is 6.26 Å². The number of hydrogen-bond donors (Lipinski definition) is 2. The highest BCUT2D eigenvalue weighted by atomic mass is 79.9. The molecule has 5 heteroatoms. The van der Waals surface area contributed by atoms with Gasteiger partial charge in [0.1, 0.15) is 6.26 Å². The maximum atomic E-state index is 11.4. The molecule has 0 radical (unpaired) electrons. The smallest absolute Gasteiger partial charge is 0.254 e. The van der Waals surface area contributed by atoms with E-state index in [4.69, 9.17) is 4.42 Å². The summed E-state index contributed by atoms with van der Waals surface area (Å²) in [6.45, 7) is 4.33. The normalized spacial score (nSPS) is 10.1. The molecule has 0 spiro atoms. The first-order valence-corrected chi connectivity index (χ1v) is 5.26. The molecular weight excluding hydrogens is 248 g/mol. The van der Waals surface area contributed by atoms with E-state index in [-0.39, 0.29) is 5.91 Å². The Morgan fingerprint density at radius 1 is 1.57 bits per heavy atom. The maximum Gasteiger partial charge on any atom is 0.254 e. The second kappa shape index (κ2) is 5.82. The predicted octanol–water partition coefficient (Wildman–Crippen LogP) is 1.38. The highest BCUT2D eigenvalue weighted by molar-refractivity contribution is 9.10. The lowest BCUT2D eigenvalue weighted by atomic mass is 10.3. The third-order valence-corrected chi connectivity index (χ3v) is 2.08. The van der Waals surface area contributed by atoms with Gasteiger partial charge in [-0.1, -0.05) is 6.92 Å². The summed E-state index contributed by atoms with van der Waals surface area (Å²) < 4.78 is 5.52. The van der Waals surface area contributed by atoms with Gasteiger partial charge < -0.3 is 15.1 Å². The Kier molecular flexibility index (Phi) is 4.69. The minimum Gasteiger partial charge on any atom is -0.457 e. The number of nitrogens with one attached hydrogen (secondary N) is 2. The Morgan fingerprint density at radius 3 is 2.93 bits per heavy atom. The zero-order valence-electron chi connectivity index (χ0n) is 7.97.